The van der Waals surface area contributed by atoms with Gasteiger partial charge in [0.25, 0.3) is 0 Å². The number of aliphatic carboxylic acids is 1. The summed E-state index contributed by atoms with van der Waals surface area (Å²) in [5.74, 6) is -1.13. The second kappa shape index (κ2) is 8.24. The van der Waals surface area contributed by atoms with Crippen LogP contribution in [0.2, 0.25) is 0 Å². The molecule has 0 spiro atoms. The maximum absolute atomic E-state index is 12.2. The minimum atomic E-state index is -1.01. The number of nitrogens with zero attached hydrogens (tertiary/aromatic N) is 2. The zero-order chi connectivity index (χ0) is 15.8. The van der Waals surface area contributed by atoms with Gasteiger partial charge in [-0.3, -0.25) is 4.98 Å². The number of carbonyl (C=O) groups is 2. The molecule has 21 heavy (non-hydrogen) atoms. The standard InChI is InChI=1S/C15H23N3O3/c1-4-11(3)13(14(19)20)17-15(21)18(5-2)10-12-8-6-7-9-16-12/h6-9,11,13H,4-5,10H2,1-3H3,(H,17,21)(H,19,20)/t11?,13-/m0/s1. The van der Waals surface area contributed by atoms with Crippen molar-refractivity contribution < 1.29 is 14.7 Å². The Morgan fingerprint density at radius 1 is 1.38 bits per heavy atom. The first-order valence-corrected chi connectivity index (χ1v) is 7.17. The van der Waals surface area contributed by atoms with Gasteiger partial charge >= 0.3 is 12.0 Å². The highest BCUT2D eigenvalue weighted by Gasteiger charge is 2.27. The van der Waals surface area contributed by atoms with Gasteiger partial charge in [-0.2, -0.15) is 0 Å². The number of urea groups is 1. The Labute approximate surface area is 125 Å². The van der Waals surface area contributed by atoms with Gasteiger partial charge in [-0.1, -0.05) is 26.3 Å². The molecule has 1 aromatic rings. The Kier molecular flexibility index (Phi) is 6.65. The first kappa shape index (κ1) is 16.9. The minimum Gasteiger partial charge on any atom is -0.480 e. The highest BCUT2D eigenvalue weighted by Crippen LogP contribution is 2.09. The van der Waals surface area contributed by atoms with E-state index < -0.39 is 12.0 Å². The van der Waals surface area contributed by atoms with E-state index in [1.54, 1.807) is 11.1 Å². The van der Waals surface area contributed by atoms with E-state index in [1.165, 1.54) is 0 Å². The third kappa shape index (κ3) is 5.06. The molecule has 0 bridgehead atoms. The summed E-state index contributed by atoms with van der Waals surface area (Å²) in [5, 5.41) is 11.8. The first-order chi connectivity index (χ1) is 9.99. The summed E-state index contributed by atoms with van der Waals surface area (Å²) in [7, 11) is 0. The molecule has 0 saturated carbocycles. The fourth-order valence-corrected chi connectivity index (χ4v) is 1.92. The average Bonchev–Trinajstić information content (AvgIpc) is 2.49. The van der Waals surface area contributed by atoms with E-state index in [4.69, 9.17) is 0 Å². The van der Waals surface area contributed by atoms with Gasteiger partial charge in [0.15, 0.2) is 0 Å². The molecular formula is C15H23N3O3. The summed E-state index contributed by atoms with van der Waals surface area (Å²) in [6.45, 7) is 6.40. The molecule has 6 heteroatoms. The summed E-state index contributed by atoms with van der Waals surface area (Å²) in [4.78, 5) is 29.2. The van der Waals surface area contributed by atoms with Gasteiger partial charge in [-0.25, -0.2) is 9.59 Å². The predicted molar refractivity (Wildman–Crippen MR) is 79.7 cm³/mol. The lowest BCUT2D eigenvalue weighted by atomic mass is 9.99. The van der Waals surface area contributed by atoms with Crippen LogP contribution in [-0.2, 0) is 11.3 Å². The van der Waals surface area contributed by atoms with E-state index in [9.17, 15) is 14.7 Å². The lowest BCUT2D eigenvalue weighted by Crippen LogP contribution is -2.50. The van der Waals surface area contributed by atoms with Gasteiger partial charge in [-0.05, 0) is 25.0 Å². The number of pyridine rings is 1. The van der Waals surface area contributed by atoms with Crippen molar-refractivity contribution in [2.24, 2.45) is 5.92 Å². The third-order valence-electron chi connectivity index (χ3n) is 3.51. The molecule has 0 aliphatic rings. The molecule has 0 radical (unpaired) electrons. The monoisotopic (exact) mass is 293 g/mol. The Hall–Kier alpha value is -2.11. The van der Waals surface area contributed by atoms with Gasteiger partial charge in [0.1, 0.15) is 6.04 Å². The van der Waals surface area contributed by atoms with Crippen LogP contribution in [0.5, 0.6) is 0 Å². The second-order valence-electron chi connectivity index (χ2n) is 4.99. The molecule has 0 saturated heterocycles. The Morgan fingerprint density at radius 2 is 2.10 bits per heavy atom. The molecule has 116 valence electrons. The molecule has 2 amide bonds. The number of nitrogens with one attached hydrogen (secondary N) is 1. The second-order valence-corrected chi connectivity index (χ2v) is 4.99. The van der Waals surface area contributed by atoms with Crippen LogP contribution in [0.25, 0.3) is 0 Å². The molecule has 1 heterocycles. The number of rotatable bonds is 7. The summed E-state index contributed by atoms with van der Waals surface area (Å²) < 4.78 is 0. The summed E-state index contributed by atoms with van der Waals surface area (Å²) in [5.41, 5.74) is 0.768. The Balaban J connectivity index is 2.72. The SMILES string of the molecule is CCC(C)[C@H](NC(=O)N(CC)Cc1ccccn1)C(=O)O. The largest absolute Gasteiger partial charge is 0.480 e. The van der Waals surface area contributed by atoms with Crippen molar-refractivity contribution in [3.63, 3.8) is 0 Å². The van der Waals surface area contributed by atoms with Crippen molar-refractivity contribution >= 4 is 12.0 Å². The number of hydrogen-bond acceptors (Lipinski definition) is 3. The molecule has 0 aliphatic carbocycles. The van der Waals surface area contributed by atoms with Crippen molar-refractivity contribution in [3.05, 3.63) is 30.1 Å². The van der Waals surface area contributed by atoms with E-state index in [2.05, 4.69) is 10.3 Å². The van der Waals surface area contributed by atoms with Crippen LogP contribution in [0.1, 0.15) is 32.9 Å². The van der Waals surface area contributed by atoms with Gasteiger partial charge < -0.3 is 15.3 Å². The summed E-state index contributed by atoms with van der Waals surface area (Å²) in [6, 6.07) is 4.24. The highest BCUT2D eigenvalue weighted by molar-refractivity contribution is 5.82. The zero-order valence-electron chi connectivity index (χ0n) is 12.7. The molecule has 2 N–H and O–H groups in total. The Bertz CT molecular complexity index is 464. The number of carbonyl (C=O) groups excluding carboxylic acids is 1. The van der Waals surface area contributed by atoms with E-state index >= 15 is 0 Å². The molecule has 1 aromatic heterocycles. The summed E-state index contributed by atoms with van der Waals surface area (Å²) in [6.07, 6.45) is 2.35. The van der Waals surface area contributed by atoms with Gasteiger partial charge in [0, 0.05) is 12.7 Å². The molecule has 0 aliphatic heterocycles. The van der Waals surface area contributed by atoms with Gasteiger partial charge in [0.05, 0.1) is 12.2 Å². The van der Waals surface area contributed by atoms with Crippen LogP contribution in [0.3, 0.4) is 0 Å². The molecule has 1 rings (SSSR count). The van der Waals surface area contributed by atoms with E-state index in [0.29, 0.717) is 19.5 Å². The van der Waals surface area contributed by atoms with Crippen molar-refractivity contribution in [2.75, 3.05) is 6.54 Å². The van der Waals surface area contributed by atoms with Crippen LogP contribution in [0, 0.1) is 5.92 Å². The Morgan fingerprint density at radius 3 is 2.57 bits per heavy atom. The first-order valence-electron chi connectivity index (χ1n) is 7.17. The van der Waals surface area contributed by atoms with Crippen LogP contribution in [0.15, 0.2) is 24.4 Å². The van der Waals surface area contributed by atoms with Crippen LogP contribution in [0.4, 0.5) is 4.79 Å². The molecule has 2 atom stereocenters. The van der Waals surface area contributed by atoms with Gasteiger partial charge in [0.2, 0.25) is 0 Å². The van der Waals surface area contributed by atoms with E-state index in [-0.39, 0.29) is 11.9 Å². The van der Waals surface area contributed by atoms with Crippen molar-refractivity contribution in [2.45, 2.75) is 39.8 Å². The highest BCUT2D eigenvalue weighted by atomic mass is 16.4. The molecule has 0 fully saturated rings. The molecule has 6 nitrogen and oxygen atoms in total. The van der Waals surface area contributed by atoms with Crippen LogP contribution >= 0.6 is 0 Å². The smallest absolute Gasteiger partial charge is 0.326 e. The third-order valence-corrected chi connectivity index (χ3v) is 3.51. The fraction of sp³-hybridized carbons (Fsp3) is 0.533. The zero-order valence-corrected chi connectivity index (χ0v) is 12.7. The maximum atomic E-state index is 12.2. The lowest BCUT2D eigenvalue weighted by molar-refractivity contribution is -0.140. The van der Waals surface area contributed by atoms with Crippen LogP contribution in [-0.4, -0.2) is 39.6 Å². The predicted octanol–water partition coefficient (Wildman–Crippen LogP) is 2.11. The number of hydrogen-bond donors (Lipinski definition) is 2. The van der Waals surface area contributed by atoms with E-state index in [0.717, 1.165) is 5.69 Å². The molecular weight excluding hydrogens is 270 g/mol. The minimum absolute atomic E-state index is 0.125. The number of carboxylic acid groups (broad SMARTS) is 1. The lowest BCUT2D eigenvalue weighted by Gasteiger charge is -2.26. The number of carboxylic acids is 1. The van der Waals surface area contributed by atoms with Crippen molar-refractivity contribution in [1.82, 2.24) is 15.2 Å². The van der Waals surface area contributed by atoms with Crippen molar-refractivity contribution in [3.8, 4) is 0 Å². The molecule has 0 aromatic carbocycles. The summed E-state index contributed by atoms with van der Waals surface area (Å²) >= 11 is 0. The number of aromatic nitrogens is 1. The van der Waals surface area contributed by atoms with E-state index in [1.807, 2.05) is 39.0 Å². The quantitative estimate of drug-likeness (QED) is 0.806. The molecule has 1 unspecified atom stereocenters. The van der Waals surface area contributed by atoms with Gasteiger partial charge in [-0.15, -0.1) is 0 Å². The fourth-order valence-electron chi connectivity index (χ4n) is 1.92. The van der Waals surface area contributed by atoms with Crippen molar-refractivity contribution in [1.29, 1.82) is 0 Å². The normalized spacial score (nSPS) is 13.3. The maximum Gasteiger partial charge on any atom is 0.326 e. The average molecular weight is 293 g/mol. The number of amides is 2. The van der Waals surface area contributed by atoms with Crippen LogP contribution < -0.4 is 5.32 Å². The topological polar surface area (TPSA) is 82.5 Å².